The van der Waals surface area contributed by atoms with Crippen molar-refractivity contribution in [1.29, 1.82) is 0 Å². The molecule has 4 heteroatoms. The summed E-state index contributed by atoms with van der Waals surface area (Å²) in [6.45, 7) is 5.21. The molecule has 0 bridgehead atoms. The molecule has 0 unspecified atom stereocenters. The maximum atomic E-state index is 9.44. The average molecular weight is 222 g/mol. The van der Waals surface area contributed by atoms with Crippen LogP contribution in [0.15, 0.2) is 6.07 Å². The predicted octanol–water partition coefficient (Wildman–Crippen LogP) is 0.998. The fourth-order valence-corrected chi connectivity index (χ4v) is 1.89. The molecule has 0 aliphatic carbocycles. The number of hydrogen-bond acceptors (Lipinski definition) is 4. The lowest BCUT2D eigenvalue weighted by molar-refractivity contribution is -0.0885. The zero-order valence-electron chi connectivity index (χ0n) is 9.86. The molecule has 4 nitrogen and oxygen atoms in total. The number of aromatic nitrogens is 2. The maximum absolute atomic E-state index is 9.44. The molecule has 1 saturated heterocycles. The van der Waals surface area contributed by atoms with Crippen LogP contribution in [0.4, 0.5) is 0 Å². The second kappa shape index (κ2) is 4.47. The summed E-state index contributed by atoms with van der Waals surface area (Å²) in [6, 6.07) is 2.01. The molecule has 1 aromatic heterocycles. The van der Waals surface area contributed by atoms with Gasteiger partial charge in [-0.05, 0) is 19.4 Å². The van der Waals surface area contributed by atoms with Gasteiger partial charge in [0.15, 0.2) is 0 Å². The van der Waals surface area contributed by atoms with Gasteiger partial charge in [0.2, 0.25) is 0 Å². The largest absolute Gasteiger partial charge is 0.395 e. The summed E-state index contributed by atoms with van der Waals surface area (Å²) in [6.07, 6.45) is 2.03. The number of aryl methyl sites for hydroxylation is 2. The van der Waals surface area contributed by atoms with Crippen molar-refractivity contribution in [3.8, 4) is 0 Å². The van der Waals surface area contributed by atoms with Gasteiger partial charge in [0.25, 0.3) is 0 Å². The minimum Gasteiger partial charge on any atom is -0.395 e. The van der Waals surface area contributed by atoms with Crippen molar-refractivity contribution in [3.63, 3.8) is 0 Å². The van der Waals surface area contributed by atoms with E-state index in [1.54, 1.807) is 0 Å². The fraction of sp³-hybridized carbons (Fsp3) is 0.667. The van der Waals surface area contributed by atoms with Crippen LogP contribution in [0.3, 0.4) is 0 Å². The molecule has 1 aromatic rings. The van der Waals surface area contributed by atoms with Crippen molar-refractivity contribution in [2.24, 2.45) is 0 Å². The first-order chi connectivity index (χ1) is 7.70. The molecule has 0 aromatic carbocycles. The van der Waals surface area contributed by atoms with Crippen LogP contribution in [0, 0.1) is 6.92 Å². The molecule has 0 spiro atoms. The minimum atomic E-state index is -0.353. The van der Waals surface area contributed by atoms with E-state index in [4.69, 9.17) is 4.74 Å². The van der Waals surface area contributed by atoms with E-state index in [9.17, 15) is 5.11 Å². The Morgan fingerprint density at radius 2 is 2.19 bits per heavy atom. The van der Waals surface area contributed by atoms with E-state index in [1.807, 2.05) is 13.0 Å². The monoisotopic (exact) mass is 222 g/mol. The topological polar surface area (TPSA) is 55.2 Å². The summed E-state index contributed by atoms with van der Waals surface area (Å²) in [5.41, 5.74) is 1.67. The van der Waals surface area contributed by atoms with Crippen molar-refractivity contribution in [1.82, 2.24) is 9.97 Å². The van der Waals surface area contributed by atoms with Gasteiger partial charge < -0.3 is 9.84 Å². The van der Waals surface area contributed by atoms with Gasteiger partial charge in [0.05, 0.1) is 25.2 Å². The lowest BCUT2D eigenvalue weighted by atomic mass is 9.86. The Bertz CT molecular complexity index is 370. The van der Waals surface area contributed by atoms with Crippen LogP contribution in [0.2, 0.25) is 0 Å². The van der Waals surface area contributed by atoms with Gasteiger partial charge in [-0.1, -0.05) is 13.3 Å². The standard InChI is InChI=1S/C12H18N2O2/c1-3-4-10-5-9(2)13-11(14-10)12(6-15)7-16-8-12/h5,15H,3-4,6-8H2,1-2H3. The van der Waals surface area contributed by atoms with Gasteiger partial charge in [-0.25, -0.2) is 9.97 Å². The maximum Gasteiger partial charge on any atom is 0.141 e. The number of hydrogen-bond donors (Lipinski definition) is 1. The summed E-state index contributed by atoms with van der Waals surface area (Å²) in [4.78, 5) is 8.97. The highest BCUT2D eigenvalue weighted by Crippen LogP contribution is 2.29. The molecule has 0 radical (unpaired) electrons. The normalized spacial score (nSPS) is 18.2. The highest BCUT2D eigenvalue weighted by molar-refractivity contribution is 5.19. The summed E-state index contributed by atoms with van der Waals surface area (Å²) in [5, 5.41) is 9.44. The van der Waals surface area contributed by atoms with Crippen LogP contribution < -0.4 is 0 Å². The van der Waals surface area contributed by atoms with Gasteiger partial charge in [-0.3, -0.25) is 0 Å². The average Bonchev–Trinajstić information content (AvgIpc) is 2.16. The second-order valence-corrected chi connectivity index (χ2v) is 4.51. The Labute approximate surface area is 95.7 Å². The van der Waals surface area contributed by atoms with Crippen LogP contribution in [0.1, 0.15) is 30.6 Å². The zero-order chi connectivity index (χ0) is 11.6. The number of ether oxygens (including phenoxy) is 1. The third-order valence-corrected chi connectivity index (χ3v) is 2.95. The zero-order valence-corrected chi connectivity index (χ0v) is 9.86. The quantitative estimate of drug-likeness (QED) is 0.825. The molecule has 0 saturated carbocycles. The molecule has 1 aliphatic heterocycles. The lowest BCUT2D eigenvalue weighted by Gasteiger charge is -2.38. The van der Waals surface area contributed by atoms with Gasteiger partial charge in [-0.2, -0.15) is 0 Å². The molecular weight excluding hydrogens is 204 g/mol. The van der Waals surface area contributed by atoms with Gasteiger partial charge in [-0.15, -0.1) is 0 Å². The Balaban J connectivity index is 2.32. The Morgan fingerprint density at radius 3 is 2.69 bits per heavy atom. The highest BCUT2D eigenvalue weighted by atomic mass is 16.5. The molecule has 1 aliphatic rings. The summed E-state index contributed by atoms with van der Waals surface area (Å²) < 4.78 is 5.18. The van der Waals surface area contributed by atoms with Crippen molar-refractivity contribution in [2.45, 2.75) is 32.1 Å². The lowest BCUT2D eigenvalue weighted by Crippen LogP contribution is -2.51. The van der Waals surface area contributed by atoms with Gasteiger partial charge in [0.1, 0.15) is 5.82 Å². The number of rotatable bonds is 4. The van der Waals surface area contributed by atoms with Crippen LogP contribution in [-0.4, -0.2) is 34.9 Å². The van der Waals surface area contributed by atoms with E-state index in [-0.39, 0.29) is 12.0 Å². The predicted molar refractivity (Wildman–Crippen MR) is 60.3 cm³/mol. The van der Waals surface area contributed by atoms with Crippen molar-refractivity contribution in [2.75, 3.05) is 19.8 Å². The van der Waals surface area contributed by atoms with Gasteiger partial charge in [0, 0.05) is 11.4 Å². The van der Waals surface area contributed by atoms with E-state index in [2.05, 4.69) is 16.9 Å². The highest BCUT2D eigenvalue weighted by Gasteiger charge is 2.42. The number of aliphatic hydroxyl groups is 1. The van der Waals surface area contributed by atoms with Crippen molar-refractivity contribution < 1.29 is 9.84 Å². The second-order valence-electron chi connectivity index (χ2n) is 4.51. The number of nitrogens with zero attached hydrogens (tertiary/aromatic N) is 2. The first-order valence-corrected chi connectivity index (χ1v) is 5.74. The fourth-order valence-electron chi connectivity index (χ4n) is 1.89. The van der Waals surface area contributed by atoms with Crippen LogP contribution in [0.25, 0.3) is 0 Å². The molecule has 0 amide bonds. The van der Waals surface area contributed by atoms with Crippen molar-refractivity contribution >= 4 is 0 Å². The van der Waals surface area contributed by atoms with E-state index in [0.29, 0.717) is 13.2 Å². The van der Waals surface area contributed by atoms with E-state index < -0.39 is 0 Å². The van der Waals surface area contributed by atoms with Crippen LogP contribution in [0.5, 0.6) is 0 Å². The summed E-state index contributed by atoms with van der Waals surface area (Å²) in [5.74, 6) is 0.740. The molecule has 88 valence electrons. The molecule has 1 fully saturated rings. The van der Waals surface area contributed by atoms with E-state index in [0.717, 1.165) is 30.1 Å². The molecule has 0 atom stereocenters. The Hall–Kier alpha value is -1.00. The molecule has 2 heterocycles. The molecule has 2 rings (SSSR count). The first-order valence-electron chi connectivity index (χ1n) is 5.74. The van der Waals surface area contributed by atoms with Crippen molar-refractivity contribution in [3.05, 3.63) is 23.3 Å². The third kappa shape index (κ3) is 1.95. The van der Waals surface area contributed by atoms with Crippen LogP contribution >= 0.6 is 0 Å². The smallest absolute Gasteiger partial charge is 0.141 e. The van der Waals surface area contributed by atoms with E-state index in [1.165, 1.54) is 0 Å². The minimum absolute atomic E-state index is 0.0576. The Kier molecular flexibility index (Phi) is 3.21. The Morgan fingerprint density at radius 1 is 1.44 bits per heavy atom. The van der Waals surface area contributed by atoms with Crippen LogP contribution in [-0.2, 0) is 16.6 Å². The SMILES string of the molecule is CCCc1cc(C)nc(C2(CO)COC2)n1. The van der Waals surface area contributed by atoms with Gasteiger partial charge >= 0.3 is 0 Å². The summed E-state index contributed by atoms with van der Waals surface area (Å²) in [7, 11) is 0. The van der Waals surface area contributed by atoms with E-state index >= 15 is 0 Å². The molecular formula is C12H18N2O2. The number of aliphatic hydroxyl groups excluding tert-OH is 1. The third-order valence-electron chi connectivity index (χ3n) is 2.95. The first kappa shape index (κ1) is 11.5. The summed E-state index contributed by atoms with van der Waals surface area (Å²) >= 11 is 0. The molecule has 1 N–H and O–H groups in total. The molecule has 16 heavy (non-hydrogen) atoms.